The molecule has 0 aliphatic rings. The number of azo groups is 1. The summed E-state index contributed by atoms with van der Waals surface area (Å²) in [6.45, 7) is 1.99. The molecule has 0 aliphatic carbocycles. The van der Waals surface area contributed by atoms with Gasteiger partial charge in [-0.15, -0.1) is 5.11 Å². The highest BCUT2D eigenvalue weighted by Crippen LogP contribution is 2.37. The van der Waals surface area contributed by atoms with Crippen LogP contribution in [0, 0.1) is 6.92 Å². The van der Waals surface area contributed by atoms with Gasteiger partial charge in [-0.25, -0.2) is 0 Å². The lowest BCUT2D eigenvalue weighted by Gasteiger charge is -2.02. The average molecular weight is 354 g/mol. The number of aromatic hydroxyl groups is 1. The monoisotopic (exact) mass is 354 g/mol. The molecular weight excluding hydrogens is 336 g/mol. The van der Waals surface area contributed by atoms with Crippen LogP contribution in [-0.4, -0.2) is 5.11 Å². The Morgan fingerprint density at radius 1 is 0.704 bits per heavy atom. The van der Waals surface area contributed by atoms with Gasteiger partial charge in [-0.05, 0) is 35.7 Å². The lowest BCUT2D eigenvalue weighted by Crippen LogP contribution is -1.78. The molecule has 0 amide bonds. The molecule has 1 aromatic heterocycles. The average Bonchev–Trinajstić information content (AvgIpc) is 3.08. The number of rotatable bonds is 4. The van der Waals surface area contributed by atoms with Crippen LogP contribution in [0.5, 0.6) is 5.95 Å². The Bertz CT molecular complexity index is 1080. The third-order valence-electron chi connectivity index (χ3n) is 4.24. The zero-order chi connectivity index (χ0) is 18.6. The van der Waals surface area contributed by atoms with Crippen molar-refractivity contribution in [1.82, 2.24) is 0 Å². The Morgan fingerprint density at radius 2 is 1.41 bits per heavy atom. The number of furan rings is 1. The first-order chi connectivity index (χ1) is 13.2. The molecule has 0 aliphatic heterocycles. The summed E-state index contributed by atoms with van der Waals surface area (Å²) >= 11 is 0. The van der Waals surface area contributed by atoms with E-state index >= 15 is 0 Å². The molecule has 0 fully saturated rings. The van der Waals surface area contributed by atoms with Crippen molar-refractivity contribution in [3.63, 3.8) is 0 Å². The number of hydrogen-bond donors (Lipinski definition) is 1. The first kappa shape index (κ1) is 16.8. The van der Waals surface area contributed by atoms with E-state index in [1.807, 2.05) is 73.7 Å². The maximum atomic E-state index is 10.0. The SMILES string of the molecule is Cc1cccc(N=Nc2cc(-c3ccc(-c4ccccc4)cc3)oc2O)c1. The summed E-state index contributed by atoms with van der Waals surface area (Å²) in [6.07, 6.45) is 0. The van der Waals surface area contributed by atoms with Crippen LogP contribution in [0.25, 0.3) is 22.5 Å². The van der Waals surface area contributed by atoms with Crippen molar-refractivity contribution in [2.24, 2.45) is 10.2 Å². The van der Waals surface area contributed by atoms with Crippen molar-refractivity contribution in [2.45, 2.75) is 6.92 Å². The normalized spacial score (nSPS) is 11.1. The van der Waals surface area contributed by atoms with Gasteiger partial charge in [0.2, 0.25) is 0 Å². The maximum absolute atomic E-state index is 10.0. The third kappa shape index (κ3) is 3.80. The zero-order valence-corrected chi connectivity index (χ0v) is 14.8. The van der Waals surface area contributed by atoms with Gasteiger partial charge in [-0.3, -0.25) is 0 Å². The fraction of sp³-hybridized carbons (Fsp3) is 0.0435. The number of hydrogen-bond acceptors (Lipinski definition) is 4. The summed E-state index contributed by atoms with van der Waals surface area (Å²) in [5.41, 5.74) is 5.26. The molecule has 0 saturated heterocycles. The highest BCUT2D eigenvalue weighted by atomic mass is 16.5. The van der Waals surface area contributed by atoms with Crippen LogP contribution in [-0.2, 0) is 0 Å². The molecule has 4 rings (SSSR count). The molecule has 1 heterocycles. The smallest absolute Gasteiger partial charge is 0.311 e. The van der Waals surface area contributed by atoms with Crippen molar-refractivity contribution in [1.29, 1.82) is 0 Å². The lowest BCUT2D eigenvalue weighted by atomic mass is 10.0. The van der Waals surface area contributed by atoms with Gasteiger partial charge in [-0.1, -0.05) is 66.7 Å². The van der Waals surface area contributed by atoms with E-state index in [2.05, 4.69) is 22.4 Å². The quantitative estimate of drug-likeness (QED) is 0.399. The van der Waals surface area contributed by atoms with Gasteiger partial charge in [0.15, 0.2) is 5.69 Å². The number of aryl methyl sites for hydroxylation is 1. The van der Waals surface area contributed by atoms with Crippen molar-refractivity contribution in [3.8, 4) is 28.4 Å². The zero-order valence-electron chi connectivity index (χ0n) is 14.8. The summed E-state index contributed by atoms with van der Waals surface area (Å²) in [7, 11) is 0. The molecule has 3 aromatic carbocycles. The summed E-state index contributed by atoms with van der Waals surface area (Å²) in [5.74, 6) is 0.304. The van der Waals surface area contributed by atoms with Gasteiger partial charge in [0.05, 0.1) is 5.69 Å². The maximum Gasteiger partial charge on any atom is 0.311 e. The van der Waals surface area contributed by atoms with Gasteiger partial charge in [0.25, 0.3) is 0 Å². The predicted molar refractivity (Wildman–Crippen MR) is 107 cm³/mol. The minimum atomic E-state index is -0.242. The summed E-state index contributed by atoms with van der Waals surface area (Å²) in [5, 5.41) is 18.3. The van der Waals surface area contributed by atoms with Crippen LogP contribution in [0.4, 0.5) is 11.4 Å². The Balaban J connectivity index is 1.58. The molecule has 0 bridgehead atoms. The van der Waals surface area contributed by atoms with Gasteiger partial charge in [0.1, 0.15) is 5.76 Å². The molecule has 0 atom stereocenters. The molecule has 0 saturated carbocycles. The second-order valence-corrected chi connectivity index (χ2v) is 6.28. The summed E-state index contributed by atoms with van der Waals surface area (Å²) in [6, 6.07) is 27.5. The Kier molecular flexibility index (Phi) is 4.54. The molecule has 0 unspecified atom stereocenters. The number of benzene rings is 3. The highest BCUT2D eigenvalue weighted by molar-refractivity contribution is 5.70. The van der Waals surface area contributed by atoms with Crippen molar-refractivity contribution < 1.29 is 9.52 Å². The van der Waals surface area contributed by atoms with Crippen LogP contribution in [0.3, 0.4) is 0 Å². The van der Waals surface area contributed by atoms with Crippen LogP contribution < -0.4 is 0 Å². The second-order valence-electron chi connectivity index (χ2n) is 6.28. The van der Waals surface area contributed by atoms with Crippen molar-refractivity contribution in [2.75, 3.05) is 0 Å². The van der Waals surface area contributed by atoms with Crippen LogP contribution in [0.2, 0.25) is 0 Å². The Hall–Kier alpha value is -3.66. The first-order valence-corrected chi connectivity index (χ1v) is 8.66. The topological polar surface area (TPSA) is 58.1 Å². The van der Waals surface area contributed by atoms with E-state index in [1.165, 1.54) is 0 Å². The van der Waals surface area contributed by atoms with E-state index in [0.29, 0.717) is 11.4 Å². The van der Waals surface area contributed by atoms with Crippen molar-refractivity contribution >= 4 is 11.4 Å². The molecule has 4 heteroatoms. The van der Waals surface area contributed by atoms with E-state index in [1.54, 1.807) is 6.07 Å². The molecule has 132 valence electrons. The lowest BCUT2D eigenvalue weighted by molar-refractivity contribution is 0.339. The van der Waals surface area contributed by atoms with Crippen molar-refractivity contribution in [3.05, 3.63) is 90.5 Å². The van der Waals surface area contributed by atoms with E-state index in [9.17, 15) is 5.11 Å². The summed E-state index contributed by atoms with van der Waals surface area (Å²) < 4.78 is 5.46. The van der Waals surface area contributed by atoms with E-state index < -0.39 is 0 Å². The third-order valence-corrected chi connectivity index (χ3v) is 4.24. The van der Waals surface area contributed by atoms with E-state index in [0.717, 1.165) is 27.9 Å². The van der Waals surface area contributed by atoms with E-state index in [-0.39, 0.29) is 5.95 Å². The fourth-order valence-corrected chi connectivity index (χ4v) is 2.85. The fourth-order valence-electron chi connectivity index (χ4n) is 2.85. The van der Waals surface area contributed by atoms with Crippen LogP contribution >= 0.6 is 0 Å². The van der Waals surface area contributed by atoms with Gasteiger partial charge < -0.3 is 9.52 Å². The van der Waals surface area contributed by atoms with Crippen LogP contribution in [0.1, 0.15) is 5.56 Å². The summed E-state index contributed by atoms with van der Waals surface area (Å²) in [4.78, 5) is 0. The van der Waals surface area contributed by atoms with Gasteiger partial charge in [0, 0.05) is 11.6 Å². The van der Waals surface area contributed by atoms with Gasteiger partial charge >= 0.3 is 5.95 Å². The molecule has 27 heavy (non-hydrogen) atoms. The minimum Gasteiger partial charge on any atom is -0.479 e. The predicted octanol–water partition coefficient (Wildman–Crippen LogP) is 7.04. The van der Waals surface area contributed by atoms with E-state index in [4.69, 9.17) is 4.42 Å². The molecule has 1 N–H and O–H groups in total. The highest BCUT2D eigenvalue weighted by Gasteiger charge is 2.11. The number of nitrogens with zero attached hydrogens (tertiary/aromatic N) is 2. The Labute approximate surface area is 157 Å². The molecule has 0 spiro atoms. The Morgan fingerprint density at radius 3 is 2.15 bits per heavy atom. The molecule has 4 nitrogen and oxygen atoms in total. The minimum absolute atomic E-state index is 0.242. The van der Waals surface area contributed by atoms with Gasteiger partial charge in [-0.2, -0.15) is 5.11 Å². The largest absolute Gasteiger partial charge is 0.479 e. The first-order valence-electron chi connectivity index (χ1n) is 8.66. The second kappa shape index (κ2) is 7.30. The standard InChI is InChI=1S/C23H18N2O2/c1-16-6-5-9-20(14-16)24-25-21-15-22(27-23(21)26)19-12-10-18(11-13-19)17-7-3-2-4-8-17/h2-15,26H,1H3. The molecule has 0 radical (unpaired) electrons. The molecule has 4 aromatic rings. The van der Waals surface area contributed by atoms with Crippen LogP contribution in [0.15, 0.2) is 99.6 Å². The molecular formula is C23H18N2O2.